The molecule has 1 saturated heterocycles. The van der Waals surface area contributed by atoms with E-state index in [4.69, 9.17) is 4.74 Å². The quantitative estimate of drug-likeness (QED) is 0.496. The summed E-state index contributed by atoms with van der Waals surface area (Å²) in [6, 6.07) is 8.00. The molecule has 1 aliphatic rings. The Morgan fingerprint density at radius 1 is 1.09 bits per heavy atom. The molecule has 0 saturated carbocycles. The molecule has 0 bridgehead atoms. The zero-order chi connectivity index (χ0) is 23.0. The Hall–Kier alpha value is -2.44. The van der Waals surface area contributed by atoms with Gasteiger partial charge >= 0.3 is 0 Å². The number of ether oxygens (including phenoxy) is 1. The molecule has 0 amide bonds. The van der Waals surface area contributed by atoms with Gasteiger partial charge in [0, 0.05) is 10.5 Å². The molecule has 0 radical (unpaired) electrons. The van der Waals surface area contributed by atoms with E-state index >= 15 is 0 Å². The highest BCUT2D eigenvalue weighted by molar-refractivity contribution is 7.99. The highest BCUT2D eigenvalue weighted by Gasteiger charge is 2.46. The van der Waals surface area contributed by atoms with Crippen LogP contribution in [0.15, 0.2) is 47.5 Å². The van der Waals surface area contributed by atoms with Crippen molar-refractivity contribution < 1.29 is 33.2 Å². The van der Waals surface area contributed by atoms with E-state index in [2.05, 4.69) is 10.3 Å². The third-order valence-electron chi connectivity index (χ3n) is 5.19. The highest BCUT2D eigenvalue weighted by atomic mass is 32.2. The van der Waals surface area contributed by atoms with Crippen molar-refractivity contribution in [2.24, 2.45) is 0 Å². The molecular formula is C21H20F3N3O4S. The van der Waals surface area contributed by atoms with Crippen molar-refractivity contribution in [1.29, 1.82) is 0 Å². The third-order valence-corrected chi connectivity index (χ3v) is 6.33. The molecule has 7 nitrogen and oxygen atoms in total. The second-order valence-corrected chi connectivity index (χ2v) is 8.64. The van der Waals surface area contributed by atoms with E-state index in [0.29, 0.717) is 0 Å². The van der Waals surface area contributed by atoms with Gasteiger partial charge in [-0.1, -0.05) is 34.7 Å². The van der Waals surface area contributed by atoms with Gasteiger partial charge in [-0.05, 0) is 31.2 Å². The van der Waals surface area contributed by atoms with Gasteiger partial charge in [-0.2, -0.15) is 0 Å². The number of benzene rings is 2. The SMILES string of the molecule is Cc1cccc(S[C@H]2OC(CO)[C@H](O)C(n3cc(-c4cc(F)c(F)c(F)c4)nn3)[C@@H]2O)c1. The van der Waals surface area contributed by atoms with E-state index in [1.165, 1.54) is 18.0 Å². The molecule has 5 atom stereocenters. The summed E-state index contributed by atoms with van der Waals surface area (Å²) in [7, 11) is 0. The van der Waals surface area contributed by atoms with Gasteiger partial charge < -0.3 is 20.1 Å². The van der Waals surface area contributed by atoms with E-state index in [1.807, 2.05) is 31.2 Å². The number of thioether (sulfide) groups is 1. The van der Waals surface area contributed by atoms with Gasteiger partial charge in [-0.25, -0.2) is 17.9 Å². The largest absolute Gasteiger partial charge is 0.394 e. The maximum absolute atomic E-state index is 13.6. The topological polar surface area (TPSA) is 101 Å². The number of aryl methyl sites for hydroxylation is 1. The zero-order valence-corrected chi connectivity index (χ0v) is 17.6. The monoisotopic (exact) mass is 467 g/mol. The minimum Gasteiger partial charge on any atom is -0.394 e. The molecule has 11 heteroatoms. The summed E-state index contributed by atoms with van der Waals surface area (Å²) < 4.78 is 47.3. The maximum Gasteiger partial charge on any atom is 0.194 e. The third kappa shape index (κ3) is 4.39. The van der Waals surface area contributed by atoms with E-state index in [-0.39, 0.29) is 11.3 Å². The van der Waals surface area contributed by atoms with Crippen LogP contribution in [0.2, 0.25) is 0 Å². The van der Waals surface area contributed by atoms with Crippen LogP contribution in [0, 0.1) is 24.4 Å². The minimum absolute atomic E-state index is 0.0112. The standard InChI is InChI=1S/C21H20F3N3O4S/c1-10-3-2-4-12(5-10)32-21-20(30)18(19(29)16(9-28)31-21)27-8-15(25-26-27)11-6-13(22)17(24)14(23)7-11/h2-8,16,18-21,28-30H,9H2,1H3/t16?,18?,19-,20-,21+/m0/s1. The number of halogens is 3. The molecular weight excluding hydrogens is 447 g/mol. The number of hydrogen-bond donors (Lipinski definition) is 3. The summed E-state index contributed by atoms with van der Waals surface area (Å²) in [6.07, 6.45) is -2.36. The molecule has 3 N–H and O–H groups in total. The second-order valence-electron chi connectivity index (χ2n) is 7.47. The summed E-state index contributed by atoms with van der Waals surface area (Å²) in [5.41, 5.74) is 0.108. The normalized spacial score (nSPS) is 25.8. The lowest BCUT2D eigenvalue weighted by atomic mass is 9.97. The van der Waals surface area contributed by atoms with Crippen molar-refractivity contribution in [3.8, 4) is 11.3 Å². The van der Waals surface area contributed by atoms with Crippen LogP contribution < -0.4 is 0 Å². The van der Waals surface area contributed by atoms with Crippen LogP contribution >= 0.6 is 11.8 Å². The Morgan fingerprint density at radius 3 is 2.47 bits per heavy atom. The van der Waals surface area contributed by atoms with Crippen LogP contribution in [0.1, 0.15) is 11.6 Å². The first kappa shape index (κ1) is 22.7. The first-order valence-corrected chi connectivity index (χ1v) is 10.6. The molecule has 0 spiro atoms. The van der Waals surface area contributed by atoms with Crippen LogP contribution in [-0.2, 0) is 4.74 Å². The predicted molar refractivity (Wildman–Crippen MR) is 109 cm³/mol. The Balaban J connectivity index is 1.64. The molecule has 32 heavy (non-hydrogen) atoms. The molecule has 0 aliphatic carbocycles. The van der Waals surface area contributed by atoms with Gasteiger partial charge in [0.15, 0.2) is 17.5 Å². The molecule has 4 rings (SSSR count). The summed E-state index contributed by atoms with van der Waals surface area (Å²) in [5.74, 6) is -4.36. The summed E-state index contributed by atoms with van der Waals surface area (Å²) in [6.45, 7) is 1.41. The summed E-state index contributed by atoms with van der Waals surface area (Å²) in [4.78, 5) is 0.817. The smallest absolute Gasteiger partial charge is 0.194 e. The van der Waals surface area contributed by atoms with E-state index in [9.17, 15) is 28.5 Å². The highest BCUT2D eigenvalue weighted by Crippen LogP contribution is 2.38. The predicted octanol–water partition coefficient (Wildman–Crippen LogP) is 2.44. The Kier molecular flexibility index (Phi) is 6.54. The first-order valence-electron chi connectivity index (χ1n) is 9.71. The van der Waals surface area contributed by atoms with E-state index < -0.39 is 53.8 Å². The van der Waals surface area contributed by atoms with Gasteiger partial charge in [0.1, 0.15) is 35.5 Å². The molecule has 1 aliphatic heterocycles. The second kappa shape index (κ2) is 9.20. The van der Waals surface area contributed by atoms with Crippen molar-refractivity contribution in [3.05, 3.63) is 65.6 Å². The van der Waals surface area contributed by atoms with Crippen LogP contribution in [0.25, 0.3) is 11.3 Å². The number of hydrogen-bond acceptors (Lipinski definition) is 7. The Morgan fingerprint density at radius 2 is 1.81 bits per heavy atom. The lowest BCUT2D eigenvalue weighted by Gasteiger charge is -2.41. The summed E-state index contributed by atoms with van der Waals surface area (Å²) in [5, 5.41) is 39.0. The van der Waals surface area contributed by atoms with Gasteiger partial charge in [0.25, 0.3) is 0 Å². The van der Waals surface area contributed by atoms with Crippen molar-refractivity contribution >= 4 is 11.8 Å². The number of aromatic nitrogens is 3. The molecule has 2 heterocycles. The number of rotatable bonds is 5. The van der Waals surface area contributed by atoms with Crippen molar-refractivity contribution in [2.75, 3.05) is 6.61 Å². The number of aliphatic hydroxyl groups excluding tert-OH is 3. The van der Waals surface area contributed by atoms with Crippen molar-refractivity contribution in [3.63, 3.8) is 0 Å². The molecule has 1 aromatic heterocycles. The Labute approximate surface area is 185 Å². The van der Waals surface area contributed by atoms with Gasteiger partial charge in [-0.3, -0.25) is 0 Å². The van der Waals surface area contributed by atoms with Crippen molar-refractivity contribution in [1.82, 2.24) is 15.0 Å². The van der Waals surface area contributed by atoms with E-state index in [1.54, 1.807) is 0 Å². The maximum atomic E-state index is 13.6. The molecule has 3 aromatic rings. The van der Waals surface area contributed by atoms with Crippen molar-refractivity contribution in [2.45, 2.75) is 41.6 Å². The fraction of sp³-hybridized carbons (Fsp3) is 0.333. The van der Waals surface area contributed by atoms with Crippen LogP contribution in [0.5, 0.6) is 0 Å². The first-order chi connectivity index (χ1) is 15.3. The molecule has 2 unspecified atom stereocenters. The number of nitrogens with zero attached hydrogens (tertiary/aromatic N) is 3. The fourth-order valence-corrected chi connectivity index (χ4v) is 4.74. The fourth-order valence-electron chi connectivity index (χ4n) is 3.56. The Bertz CT molecular complexity index is 1090. The minimum atomic E-state index is -1.60. The van der Waals surface area contributed by atoms with Gasteiger partial charge in [0.05, 0.1) is 12.8 Å². The van der Waals surface area contributed by atoms with Crippen LogP contribution in [0.3, 0.4) is 0 Å². The average molecular weight is 467 g/mol. The van der Waals surface area contributed by atoms with Crippen LogP contribution in [-0.4, -0.2) is 60.7 Å². The van der Waals surface area contributed by atoms with Gasteiger partial charge in [-0.15, -0.1) is 5.10 Å². The van der Waals surface area contributed by atoms with Gasteiger partial charge in [0.2, 0.25) is 0 Å². The molecule has 2 aromatic carbocycles. The number of aliphatic hydroxyl groups is 3. The average Bonchev–Trinajstić information content (AvgIpc) is 3.23. The lowest BCUT2D eigenvalue weighted by molar-refractivity contribution is -0.178. The van der Waals surface area contributed by atoms with E-state index in [0.717, 1.165) is 27.3 Å². The summed E-state index contributed by atoms with van der Waals surface area (Å²) >= 11 is 1.22. The zero-order valence-electron chi connectivity index (χ0n) is 16.8. The lowest BCUT2D eigenvalue weighted by Crippen LogP contribution is -2.55. The van der Waals surface area contributed by atoms with Crippen LogP contribution in [0.4, 0.5) is 13.2 Å². The molecule has 1 fully saturated rings. The molecule has 170 valence electrons.